The van der Waals surface area contributed by atoms with Crippen molar-refractivity contribution in [2.24, 2.45) is 0 Å². The van der Waals surface area contributed by atoms with Crippen LogP contribution in [0, 0.1) is 12.7 Å². The summed E-state index contributed by atoms with van der Waals surface area (Å²) in [5.41, 5.74) is -0.0724. The molecule has 21 heavy (non-hydrogen) atoms. The zero-order chi connectivity index (χ0) is 15.8. The number of hydrogen-bond acceptors (Lipinski definition) is 4. The SMILES string of the molecule is Cc1csc(C(=O)O)c1S(=O)(=O)Nc1cc(Cl)ccc1F. The van der Waals surface area contributed by atoms with Crippen molar-refractivity contribution in [1.82, 2.24) is 0 Å². The number of rotatable bonds is 4. The first-order valence-corrected chi connectivity index (χ1v) is 8.25. The summed E-state index contributed by atoms with van der Waals surface area (Å²) in [6, 6.07) is 3.39. The van der Waals surface area contributed by atoms with Crippen LogP contribution < -0.4 is 4.72 Å². The maximum Gasteiger partial charge on any atom is 0.347 e. The molecule has 0 aliphatic rings. The Morgan fingerprint density at radius 3 is 2.71 bits per heavy atom. The molecular weight excluding hydrogens is 341 g/mol. The van der Waals surface area contributed by atoms with Crippen LogP contribution >= 0.6 is 22.9 Å². The van der Waals surface area contributed by atoms with E-state index < -0.39 is 21.8 Å². The molecule has 0 atom stereocenters. The average Bonchev–Trinajstić information content (AvgIpc) is 2.76. The highest BCUT2D eigenvalue weighted by atomic mass is 35.5. The normalized spacial score (nSPS) is 11.4. The van der Waals surface area contributed by atoms with Gasteiger partial charge >= 0.3 is 5.97 Å². The number of thiophene rings is 1. The molecule has 0 spiro atoms. The Hall–Kier alpha value is -1.64. The Kier molecular flexibility index (Phi) is 4.22. The maximum absolute atomic E-state index is 13.6. The lowest BCUT2D eigenvalue weighted by atomic mass is 10.3. The van der Waals surface area contributed by atoms with Crippen LogP contribution in [-0.4, -0.2) is 19.5 Å². The van der Waals surface area contributed by atoms with E-state index in [0.717, 1.165) is 23.5 Å². The summed E-state index contributed by atoms with van der Waals surface area (Å²) in [5.74, 6) is -2.17. The minimum absolute atomic E-state index is 0.148. The number of nitrogens with one attached hydrogen (secondary N) is 1. The number of carboxylic acids is 1. The third kappa shape index (κ3) is 3.17. The van der Waals surface area contributed by atoms with Gasteiger partial charge in [-0.05, 0) is 36.1 Å². The second kappa shape index (κ2) is 5.63. The van der Waals surface area contributed by atoms with Gasteiger partial charge in [-0.25, -0.2) is 17.6 Å². The van der Waals surface area contributed by atoms with Gasteiger partial charge < -0.3 is 5.11 Å². The van der Waals surface area contributed by atoms with Gasteiger partial charge in [-0.3, -0.25) is 4.72 Å². The minimum Gasteiger partial charge on any atom is -0.477 e. The first kappa shape index (κ1) is 15.7. The van der Waals surface area contributed by atoms with Gasteiger partial charge in [0.25, 0.3) is 10.0 Å². The van der Waals surface area contributed by atoms with Crippen molar-refractivity contribution in [1.29, 1.82) is 0 Å². The van der Waals surface area contributed by atoms with Gasteiger partial charge in [0.15, 0.2) is 0 Å². The molecule has 1 aromatic carbocycles. The first-order chi connectivity index (χ1) is 9.72. The summed E-state index contributed by atoms with van der Waals surface area (Å²) < 4.78 is 40.2. The predicted molar refractivity (Wildman–Crippen MR) is 78.2 cm³/mol. The molecule has 0 saturated carbocycles. The lowest BCUT2D eigenvalue weighted by Crippen LogP contribution is -2.17. The Balaban J connectivity index is 2.51. The van der Waals surface area contributed by atoms with Gasteiger partial charge in [0.1, 0.15) is 15.6 Å². The minimum atomic E-state index is -4.23. The van der Waals surface area contributed by atoms with Crippen LogP contribution in [0.4, 0.5) is 10.1 Å². The monoisotopic (exact) mass is 349 g/mol. The number of carbonyl (C=O) groups is 1. The second-order valence-corrected chi connectivity index (χ2v) is 7.05. The maximum atomic E-state index is 13.6. The summed E-state index contributed by atoms with van der Waals surface area (Å²) in [5, 5.41) is 10.6. The van der Waals surface area contributed by atoms with E-state index in [1.165, 1.54) is 18.4 Å². The molecule has 0 aliphatic carbocycles. The molecule has 9 heteroatoms. The number of aromatic carboxylic acids is 1. The lowest BCUT2D eigenvalue weighted by Gasteiger charge is -2.10. The summed E-state index contributed by atoms with van der Waals surface area (Å²) in [6.07, 6.45) is 0. The van der Waals surface area contributed by atoms with Gasteiger partial charge in [-0.1, -0.05) is 11.6 Å². The van der Waals surface area contributed by atoms with Crippen LogP contribution in [0.3, 0.4) is 0 Å². The Bertz CT molecular complexity index is 817. The molecular formula is C12H9ClFNO4S2. The van der Waals surface area contributed by atoms with Crippen molar-refractivity contribution in [3.05, 3.63) is 44.9 Å². The fourth-order valence-corrected chi connectivity index (χ4v) is 4.55. The van der Waals surface area contributed by atoms with E-state index in [1.807, 2.05) is 4.72 Å². The molecule has 0 bridgehead atoms. The first-order valence-electron chi connectivity index (χ1n) is 5.51. The molecule has 0 radical (unpaired) electrons. The third-order valence-electron chi connectivity index (χ3n) is 2.55. The fraction of sp³-hybridized carbons (Fsp3) is 0.0833. The number of benzene rings is 1. The largest absolute Gasteiger partial charge is 0.477 e. The topological polar surface area (TPSA) is 83.5 Å². The van der Waals surface area contributed by atoms with Gasteiger partial charge in [-0.2, -0.15) is 0 Å². The van der Waals surface area contributed by atoms with Crippen molar-refractivity contribution < 1.29 is 22.7 Å². The lowest BCUT2D eigenvalue weighted by molar-refractivity contribution is 0.0698. The van der Waals surface area contributed by atoms with E-state index in [-0.39, 0.29) is 26.0 Å². The molecule has 2 rings (SSSR count). The highest BCUT2D eigenvalue weighted by molar-refractivity contribution is 7.93. The molecule has 0 saturated heterocycles. The van der Waals surface area contributed by atoms with E-state index in [4.69, 9.17) is 16.7 Å². The average molecular weight is 350 g/mol. The highest BCUT2D eigenvalue weighted by Gasteiger charge is 2.27. The van der Waals surface area contributed by atoms with Crippen LogP contribution in [-0.2, 0) is 10.0 Å². The number of aryl methyl sites for hydroxylation is 1. The summed E-state index contributed by atoms with van der Waals surface area (Å²) in [7, 11) is -4.23. The van der Waals surface area contributed by atoms with Crippen LogP contribution in [0.1, 0.15) is 15.2 Å². The molecule has 1 aromatic heterocycles. The quantitative estimate of drug-likeness (QED) is 0.886. The predicted octanol–water partition coefficient (Wildman–Crippen LogP) is 3.35. The van der Waals surface area contributed by atoms with Crippen LogP contribution in [0.2, 0.25) is 5.02 Å². The Labute approximate surface area is 129 Å². The van der Waals surface area contributed by atoms with Crippen molar-refractivity contribution >= 4 is 44.6 Å². The van der Waals surface area contributed by atoms with Crippen LogP contribution in [0.15, 0.2) is 28.5 Å². The molecule has 0 fully saturated rings. The van der Waals surface area contributed by atoms with Gasteiger partial charge in [0, 0.05) is 5.02 Å². The molecule has 0 amide bonds. The van der Waals surface area contributed by atoms with Crippen molar-refractivity contribution in [3.8, 4) is 0 Å². The third-order valence-corrected chi connectivity index (χ3v) is 5.56. The molecule has 5 nitrogen and oxygen atoms in total. The summed E-state index contributed by atoms with van der Waals surface area (Å²) >= 11 is 6.48. The standard InChI is InChI=1S/C12H9ClFNO4S2/c1-6-5-20-10(12(16)17)11(6)21(18,19)15-9-4-7(13)2-3-8(9)14/h2-5,15H,1H3,(H,16,17). The number of hydrogen-bond donors (Lipinski definition) is 2. The van der Waals surface area contributed by atoms with Crippen molar-refractivity contribution in [2.45, 2.75) is 11.8 Å². The Morgan fingerprint density at radius 1 is 1.43 bits per heavy atom. The van der Waals surface area contributed by atoms with Gasteiger partial charge in [0.2, 0.25) is 0 Å². The van der Waals surface area contributed by atoms with Crippen LogP contribution in [0.5, 0.6) is 0 Å². The van der Waals surface area contributed by atoms with E-state index in [0.29, 0.717) is 0 Å². The Morgan fingerprint density at radius 2 is 2.10 bits per heavy atom. The molecule has 112 valence electrons. The molecule has 0 aliphatic heterocycles. The van der Waals surface area contributed by atoms with E-state index in [1.54, 1.807) is 0 Å². The zero-order valence-corrected chi connectivity index (χ0v) is 12.9. The fourth-order valence-electron chi connectivity index (χ4n) is 1.69. The number of carboxylic acid groups (broad SMARTS) is 1. The summed E-state index contributed by atoms with van der Waals surface area (Å²) in [4.78, 5) is 10.4. The van der Waals surface area contributed by atoms with E-state index in [2.05, 4.69) is 0 Å². The zero-order valence-electron chi connectivity index (χ0n) is 10.6. The molecule has 2 aromatic rings. The summed E-state index contributed by atoms with van der Waals surface area (Å²) in [6.45, 7) is 1.46. The smallest absolute Gasteiger partial charge is 0.347 e. The van der Waals surface area contributed by atoms with Gasteiger partial charge in [-0.15, -0.1) is 11.3 Å². The van der Waals surface area contributed by atoms with Crippen LogP contribution in [0.25, 0.3) is 0 Å². The van der Waals surface area contributed by atoms with E-state index in [9.17, 15) is 17.6 Å². The van der Waals surface area contributed by atoms with Gasteiger partial charge in [0.05, 0.1) is 5.69 Å². The van der Waals surface area contributed by atoms with Crippen molar-refractivity contribution in [2.75, 3.05) is 4.72 Å². The number of anilines is 1. The molecule has 2 N–H and O–H groups in total. The van der Waals surface area contributed by atoms with E-state index >= 15 is 0 Å². The molecule has 0 unspecified atom stereocenters. The highest BCUT2D eigenvalue weighted by Crippen LogP contribution is 2.30. The molecule has 1 heterocycles. The number of sulfonamides is 1. The second-order valence-electron chi connectivity index (χ2n) is 4.11. The number of halogens is 2. The van der Waals surface area contributed by atoms with Crippen molar-refractivity contribution in [3.63, 3.8) is 0 Å².